The van der Waals surface area contributed by atoms with Gasteiger partial charge in [0.25, 0.3) is 0 Å². The van der Waals surface area contributed by atoms with Crippen molar-refractivity contribution in [2.45, 2.75) is 25.5 Å². The van der Waals surface area contributed by atoms with E-state index < -0.39 is 6.23 Å². The lowest BCUT2D eigenvalue weighted by Gasteiger charge is -2.29. The predicted molar refractivity (Wildman–Crippen MR) is 117 cm³/mol. The first-order chi connectivity index (χ1) is 14.1. The Balaban J connectivity index is 1.56. The van der Waals surface area contributed by atoms with Gasteiger partial charge in [-0.15, -0.1) is 11.3 Å². The van der Waals surface area contributed by atoms with Crippen LogP contribution in [-0.2, 0) is 6.42 Å². The van der Waals surface area contributed by atoms with E-state index in [1.807, 2.05) is 36.5 Å². The molecule has 0 radical (unpaired) electrons. The Morgan fingerprint density at radius 1 is 1.24 bits per heavy atom. The summed E-state index contributed by atoms with van der Waals surface area (Å²) in [7, 11) is 0. The first kappa shape index (κ1) is 17.9. The number of hydrogen-bond acceptors (Lipinski definition) is 3. The molecule has 1 aliphatic heterocycles. The Morgan fingerprint density at radius 3 is 2.93 bits per heavy atom. The third-order valence-electron chi connectivity index (χ3n) is 5.52. The smallest absolute Gasteiger partial charge is 0.213 e. The van der Waals surface area contributed by atoms with Crippen LogP contribution >= 0.6 is 38.9 Å². The van der Waals surface area contributed by atoms with Crippen molar-refractivity contribution < 1.29 is 9.13 Å². The van der Waals surface area contributed by atoms with E-state index in [2.05, 4.69) is 25.5 Å². The molecule has 2 aromatic heterocycles. The summed E-state index contributed by atoms with van der Waals surface area (Å²) in [5.74, 6) is 0.985. The molecule has 6 rings (SSSR count). The number of halogens is 3. The van der Waals surface area contributed by atoms with Gasteiger partial charge in [-0.1, -0.05) is 27.5 Å². The zero-order valence-electron chi connectivity index (χ0n) is 15.2. The van der Waals surface area contributed by atoms with Crippen LogP contribution in [0.25, 0.3) is 22.2 Å². The van der Waals surface area contributed by atoms with Gasteiger partial charge in [0.1, 0.15) is 11.6 Å². The van der Waals surface area contributed by atoms with Gasteiger partial charge in [-0.05, 0) is 55.2 Å². The highest BCUT2D eigenvalue weighted by Gasteiger charge is 2.33. The third-order valence-corrected chi connectivity index (χ3v) is 7.27. The minimum Gasteiger partial charge on any atom is -0.464 e. The lowest BCUT2D eigenvalue weighted by molar-refractivity contribution is 0.175. The van der Waals surface area contributed by atoms with E-state index >= 15 is 0 Å². The number of nitrogens with zero attached hydrogens (tertiary/aromatic N) is 2. The van der Waals surface area contributed by atoms with Gasteiger partial charge in [0.05, 0.1) is 26.7 Å². The predicted octanol–water partition coefficient (Wildman–Crippen LogP) is 7.21. The molecule has 3 heterocycles. The number of benzene rings is 2. The van der Waals surface area contributed by atoms with Gasteiger partial charge >= 0.3 is 0 Å². The average molecular weight is 490 g/mol. The lowest BCUT2D eigenvalue weighted by Crippen LogP contribution is -2.22. The van der Waals surface area contributed by atoms with E-state index in [1.54, 1.807) is 11.3 Å². The molecule has 4 aromatic rings. The molecule has 1 aliphatic carbocycles. The van der Waals surface area contributed by atoms with Gasteiger partial charge in [-0.3, -0.25) is 4.57 Å². The van der Waals surface area contributed by atoms with Crippen molar-refractivity contribution in [3.63, 3.8) is 0 Å². The SMILES string of the molecule is Fc1cc(Br)cc2c1-c1cc3cc(Cl)ccc3n1C(c1cnc(CC3CC3)s1)O2. The second-order valence-corrected chi connectivity index (χ2v) is 10.1. The number of hydrogen-bond donors (Lipinski definition) is 0. The molecule has 3 nitrogen and oxygen atoms in total. The molecule has 0 amide bonds. The van der Waals surface area contributed by atoms with E-state index in [0.29, 0.717) is 20.8 Å². The molecule has 1 saturated carbocycles. The summed E-state index contributed by atoms with van der Waals surface area (Å²) < 4.78 is 24.0. The zero-order chi connectivity index (χ0) is 19.7. The van der Waals surface area contributed by atoms with Crippen LogP contribution in [0.4, 0.5) is 4.39 Å². The lowest BCUT2D eigenvalue weighted by atomic mass is 10.1. The van der Waals surface area contributed by atoms with Crippen LogP contribution in [0, 0.1) is 11.7 Å². The molecule has 1 unspecified atom stereocenters. The molecular formula is C22H15BrClFN2OS. The van der Waals surface area contributed by atoms with Crippen LogP contribution in [0.2, 0.25) is 5.02 Å². The minimum atomic E-state index is -0.393. The highest BCUT2D eigenvalue weighted by molar-refractivity contribution is 9.10. The fraction of sp³-hybridized carbons (Fsp3) is 0.227. The van der Waals surface area contributed by atoms with E-state index in [9.17, 15) is 4.39 Å². The topological polar surface area (TPSA) is 27.1 Å². The van der Waals surface area contributed by atoms with Crippen molar-refractivity contribution in [1.82, 2.24) is 9.55 Å². The molecule has 146 valence electrons. The molecule has 29 heavy (non-hydrogen) atoms. The maximum atomic E-state index is 14.9. The van der Waals surface area contributed by atoms with Crippen molar-refractivity contribution >= 4 is 49.8 Å². The molecule has 0 bridgehead atoms. The zero-order valence-corrected chi connectivity index (χ0v) is 18.3. The number of fused-ring (bicyclic) bond motifs is 5. The first-order valence-corrected chi connectivity index (χ1v) is 11.5. The van der Waals surface area contributed by atoms with Crippen molar-refractivity contribution in [2.24, 2.45) is 5.92 Å². The normalized spacial score (nSPS) is 17.8. The van der Waals surface area contributed by atoms with Crippen molar-refractivity contribution in [3.05, 3.63) is 67.8 Å². The average Bonchev–Trinajstić information content (AvgIpc) is 3.22. The van der Waals surface area contributed by atoms with E-state index in [1.165, 1.54) is 18.9 Å². The van der Waals surface area contributed by atoms with Crippen molar-refractivity contribution in [3.8, 4) is 17.0 Å². The molecule has 2 aromatic carbocycles. The van der Waals surface area contributed by atoms with Gasteiger partial charge < -0.3 is 4.74 Å². The van der Waals surface area contributed by atoms with E-state index in [4.69, 9.17) is 16.3 Å². The van der Waals surface area contributed by atoms with Crippen LogP contribution < -0.4 is 4.74 Å². The van der Waals surface area contributed by atoms with E-state index in [0.717, 1.165) is 38.8 Å². The molecule has 1 atom stereocenters. The van der Waals surface area contributed by atoms with Crippen LogP contribution in [0.15, 0.2) is 47.1 Å². The maximum Gasteiger partial charge on any atom is 0.213 e. The van der Waals surface area contributed by atoms with Gasteiger partial charge in [-0.25, -0.2) is 9.37 Å². The molecule has 2 aliphatic rings. The Labute approximate surface area is 184 Å². The van der Waals surface area contributed by atoms with Gasteiger partial charge in [0, 0.05) is 27.5 Å². The van der Waals surface area contributed by atoms with Crippen molar-refractivity contribution in [1.29, 1.82) is 0 Å². The summed E-state index contributed by atoms with van der Waals surface area (Å²) in [6.45, 7) is 0. The number of aromatic nitrogens is 2. The molecular weight excluding hydrogens is 475 g/mol. The molecule has 7 heteroatoms. The molecule has 0 N–H and O–H groups in total. The summed E-state index contributed by atoms with van der Waals surface area (Å²) in [5, 5.41) is 2.75. The van der Waals surface area contributed by atoms with Gasteiger partial charge in [0.2, 0.25) is 6.23 Å². The van der Waals surface area contributed by atoms with Crippen LogP contribution in [0.3, 0.4) is 0 Å². The molecule has 0 spiro atoms. The summed E-state index contributed by atoms with van der Waals surface area (Å²) in [4.78, 5) is 5.65. The largest absolute Gasteiger partial charge is 0.464 e. The maximum absolute atomic E-state index is 14.9. The van der Waals surface area contributed by atoms with Crippen LogP contribution in [0.1, 0.15) is 29.0 Å². The van der Waals surface area contributed by atoms with Crippen LogP contribution in [0.5, 0.6) is 5.75 Å². The fourth-order valence-electron chi connectivity index (χ4n) is 4.00. The first-order valence-electron chi connectivity index (χ1n) is 9.48. The monoisotopic (exact) mass is 488 g/mol. The second kappa shape index (κ2) is 6.56. The highest BCUT2D eigenvalue weighted by atomic mass is 79.9. The fourth-order valence-corrected chi connectivity index (χ4v) is 5.65. The minimum absolute atomic E-state index is 0.318. The van der Waals surface area contributed by atoms with Crippen LogP contribution in [-0.4, -0.2) is 9.55 Å². The second-order valence-electron chi connectivity index (χ2n) is 7.64. The number of ether oxygens (including phenoxy) is 1. The standard InChI is InChI=1S/C22H15BrClFN2OS/c23-13-8-15(25)21-17-7-12-6-14(24)3-4-16(12)27(17)22(28-18(21)9-13)19-10-26-20(29-19)5-11-1-2-11/h3-4,6-11,22H,1-2,5H2. The Morgan fingerprint density at radius 2 is 2.10 bits per heavy atom. The van der Waals surface area contributed by atoms with E-state index in [-0.39, 0.29) is 5.82 Å². The quantitative estimate of drug-likeness (QED) is 0.304. The molecule has 1 fully saturated rings. The summed E-state index contributed by atoms with van der Waals surface area (Å²) >= 11 is 11.3. The Bertz CT molecular complexity index is 1280. The van der Waals surface area contributed by atoms with Gasteiger partial charge in [-0.2, -0.15) is 0 Å². The number of rotatable bonds is 3. The summed E-state index contributed by atoms with van der Waals surface area (Å²) in [5.41, 5.74) is 2.22. The Hall–Kier alpha value is -1.89. The molecule has 0 saturated heterocycles. The Kier molecular flexibility index (Phi) is 4.05. The highest BCUT2D eigenvalue weighted by Crippen LogP contribution is 2.47. The van der Waals surface area contributed by atoms with Crippen molar-refractivity contribution in [2.75, 3.05) is 0 Å². The summed E-state index contributed by atoms with van der Waals surface area (Å²) in [6.07, 6.45) is 5.13. The number of thiazole rings is 1. The summed E-state index contributed by atoms with van der Waals surface area (Å²) in [6, 6.07) is 11.0. The third kappa shape index (κ3) is 3.00. The van der Waals surface area contributed by atoms with Gasteiger partial charge in [0.15, 0.2) is 0 Å².